The minimum Gasteiger partial charge on any atom is -0.321 e. The van der Waals surface area contributed by atoms with Gasteiger partial charge in [0.15, 0.2) is 5.65 Å². The number of hydrogen-bond acceptors (Lipinski definition) is 4. The first-order chi connectivity index (χ1) is 16.5. The van der Waals surface area contributed by atoms with Crippen molar-refractivity contribution in [2.45, 2.75) is 46.7 Å². The molecule has 3 aromatic heterocycles. The highest BCUT2D eigenvalue weighted by atomic mass is 19.3. The number of anilines is 1. The Kier molecular flexibility index (Phi) is 6.55. The molecule has 1 aromatic carbocycles. The summed E-state index contributed by atoms with van der Waals surface area (Å²) < 4.78 is 69.7. The van der Waals surface area contributed by atoms with E-state index in [1.54, 1.807) is 30.7 Å². The molecule has 3 heterocycles. The maximum Gasteiger partial charge on any atom is 0.280 e. The van der Waals surface area contributed by atoms with Crippen LogP contribution in [0.25, 0.3) is 11.0 Å². The topological polar surface area (TPSA) is 77.6 Å². The lowest BCUT2D eigenvalue weighted by atomic mass is 10.1. The number of amides is 1. The van der Waals surface area contributed by atoms with Crippen LogP contribution in [0.15, 0.2) is 30.3 Å². The quantitative estimate of drug-likeness (QED) is 0.358. The summed E-state index contributed by atoms with van der Waals surface area (Å²) in [6, 6.07) is 6.71. The fourth-order valence-corrected chi connectivity index (χ4v) is 3.96. The summed E-state index contributed by atoms with van der Waals surface area (Å²) in [4.78, 5) is 16.6. The SMILES string of the molecule is Cc1nn(Cc2cccc(F)c2)c(C)c1NC(=O)Cn1nc(C)c2c(C(F)F)cc(C(F)F)nc21. The number of hydrogen-bond donors (Lipinski definition) is 1. The van der Waals surface area contributed by atoms with Gasteiger partial charge in [-0.1, -0.05) is 12.1 Å². The maximum atomic E-state index is 13.5. The second-order valence-corrected chi connectivity index (χ2v) is 8.06. The minimum atomic E-state index is -3.07. The van der Waals surface area contributed by atoms with Gasteiger partial charge in [0.1, 0.15) is 18.1 Å². The number of rotatable bonds is 7. The highest BCUT2D eigenvalue weighted by molar-refractivity contribution is 5.93. The molecule has 1 N–H and O–H groups in total. The van der Waals surface area contributed by atoms with Crippen molar-refractivity contribution in [3.05, 3.63) is 70.1 Å². The van der Waals surface area contributed by atoms with E-state index in [2.05, 4.69) is 20.5 Å². The lowest BCUT2D eigenvalue weighted by molar-refractivity contribution is -0.116. The number of alkyl halides is 4. The summed E-state index contributed by atoms with van der Waals surface area (Å²) in [5.41, 5.74) is 0.718. The number of nitrogens with zero attached hydrogens (tertiary/aromatic N) is 5. The van der Waals surface area contributed by atoms with Crippen LogP contribution in [-0.4, -0.2) is 30.5 Å². The zero-order valence-corrected chi connectivity index (χ0v) is 19.0. The zero-order chi connectivity index (χ0) is 25.4. The third kappa shape index (κ3) is 4.86. The van der Waals surface area contributed by atoms with E-state index in [1.807, 2.05) is 0 Å². The number of halogens is 5. The first-order valence-corrected chi connectivity index (χ1v) is 10.6. The van der Waals surface area contributed by atoms with Crippen LogP contribution in [0.5, 0.6) is 0 Å². The molecule has 0 saturated carbocycles. The lowest BCUT2D eigenvalue weighted by Gasteiger charge is -2.09. The fraction of sp³-hybridized carbons (Fsp3) is 0.304. The van der Waals surface area contributed by atoms with E-state index in [-0.39, 0.29) is 29.1 Å². The number of aromatic nitrogens is 5. The Bertz CT molecular complexity index is 1410. The van der Waals surface area contributed by atoms with E-state index in [0.717, 1.165) is 4.68 Å². The Balaban J connectivity index is 1.60. The summed E-state index contributed by atoms with van der Waals surface area (Å²) in [5.74, 6) is -0.952. The molecule has 0 spiro atoms. The van der Waals surface area contributed by atoms with Crippen molar-refractivity contribution in [3.8, 4) is 0 Å². The molecule has 4 rings (SSSR count). The molecule has 0 aliphatic carbocycles. The normalized spacial score (nSPS) is 11.7. The number of benzene rings is 1. The van der Waals surface area contributed by atoms with Crippen molar-refractivity contribution >= 4 is 22.6 Å². The largest absolute Gasteiger partial charge is 0.321 e. The van der Waals surface area contributed by atoms with E-state index in [0.29, 0.717) is 28.7 Å². The second kappa shape index (κ2) is 9.43. The van der Waals surface area contributed by atoms with Gasteiger partial charge >= 0.3 is 0 Å². The molecule has 7 nitrogen and oxygen atoms in total. The van der Waals surface area contributed by atoms with Crippen LogP contribution in [0, 0.1) is 26.6 Å². The molecule has 0 saturated heterocycles. The van der Waals surface area contributed by atoms with Gasteiger partial charge in [0.05, 0.1) is 34.7 Å². The number of fused-ring (bicyclic) bond motifs is 1. The number of nitrogens with one attached hydrogen (secondary N) is 1. The van der Waals surface area contributed by atoms with Gasteiger partial charge in [-0.25, -0.2) is 31.6 Å². The lowest BCUT2D eigenvalue weighted by Crippen LogP contribution is -2.20. The molecule has 1 amide bonds. The third-order valence-corrected chi connectivity index (χ3v) is 5.55. The van der Waals surface area contributed by atoms with Crippen LogP contribution in [0.1, 0.15) is 46.8 Å². The maximum absolute atomic E-state index is 13.5. The van der Waals surface area contributed by atoms with Crippen LogP contribution in [-0.2, 0) is 17.9 Å². The van der Waals surface area contributed by atoms with Gasteiger partial charge < -0.3 is 5.32 Å². The molecule has 4 aromatic rings. The minimum absolute atomic E-state index is 0.0625. The summed E-state index contributed by atoms with van der Waals surface area (Å²) >= 11 is 0. The fourth-order valence-electron chi connectivity index (χ4n) is 3.96. The molecule has 35 heavy (non-hydrogen) atoms. The van der Waals surface area contributed by atoms with Crippen molar-refractivity contribution in [3.63, 3.8) is 0 Å². The van der Waals surface area contributed by atoms with Gasteiger partial charge in [0.25, 0.3) is 12.9 Å². The molecule has 0 atom stereocenters. The average Bonchev–Trinajstić information content (AvgIpc) is 3.23. The Hall–Kier alpha value is -3.83. The van der Waals surface area contributed by atoms with E-state index >= 15 is 0 Å². The van der Waals surface area contributed by atoms with E-state index < -0.39 is 36.6 Å². The van der Waals surface area contributed by atoms with E-state index in [4.69, 9.17) is 0 Å². The summed E-state index contributed by atoms with van der Waals surface area (Å²) in [5, 5.41) is 11.1. The predicted molar refractivity (Wildman–Crippen MR) is 118 cm³/mol. The highest BCUT2D eigenvalue weighted by Crippen LogP contribution is 2.32. The summed E-state index contributed by atoms with van der Waals surface area (Å²) in [7, 11) is 0. The second-order valence-electron chi connectivity index (χ2n) is 8.06. The van der Waals surface area contributed by atoms with Crippen LogP contribution in [0.4, 0.5) is 27.6 Å². The molecule has 0 bridgehead atoms. The Morgan fingerprint density at radius 3 is 2.37 bits per heavy atom. The highest BCUT2D eigenvalue weighted by Gasteiger charge is 2.24. The summed E-state index contributed by atoms with van der Waals surface area (Å²) in [6.45, 7) is 4.69. The molecule has 0 aliphatic rings. The standard InChI is InChI=1S/C23H21F5N6O/c1-11-19-16(21(25)26)8-17(22(27)28)29-23(19)34(31-11)10-18(35)30-20-12(2)32-33(13(20)3)9-14-5-4-6-15(24)7-14/h4-8,21-22H,9-10H2,1-3H3,(H,30,35). The van der Waals surface area contributed by atoms with E-state index in [1.165, 1.54) is 19.1 Å². The third-order valence-electron chi connectivity index (χ3n) is 5.55. The van der Waals surface area contributed by atoms with Gasteiger partial charge in [-0.05, 0) is 44.5 Å². The van der Waals surface area contributed by atoms with Gasteiger partial charge in [0.2, 0.25) is 5.91 Å². The monoisotopic (exact) mass is 492 g/mol. The molecule has 12 heteroatoms. The van der Waals surface area contributed by atoms with Crippen molar-refractivity contribution in [1.82, 2.24) is 24.5 Å². The van der Waals surface area contributed by atoms with Crippen LogP contribution < -0.4 is 5.32 Å². The van der Waals surface area contributed by atoms with Gasteiger partial charge in [-0.3, -0.25) is 9.48 Å². The van der Waals surface area contributed by atoms with Crippen LogP contribution in [0.2, 0.25) is 0 Å². The molecule has 0 fully saturated rings. The van der Waals surface area contributed by atoms with Crippen molar-refractivity contribution in [2.75, 3.05) is 5.32 Å². The number of carbonyl (C=O) groups excluding carboxylic acids is 1. The molecular formula is C23H21F5N6O. The number of aryl methyl sites for hydroxylation is 2. The molecule has 0 unspecified atom stereocenters. The van der Waals surface area contributed by atoms with Gasteiger partial charge in [0, 0.05) is 5.56 Å². The number of pyridine rings is 1. The first kappa shape index (κ1) is 24.3. The molecule has 0 radical (unpaired) electrons. The molecule has 184 valence electrons. The Morgan fingerprint density at radius 1 is 1.00 bits per heavy atom. The zero-order valence-electron chi connectivity index (χ0n) is 19.0. The average molecular weight is 492 g/mol. The van der Waals surface area contributed by atoms with E-state index in [9.17, 15) is 26.7 Å². The first-order valence-electron chi connectivity index (χ1n) is 10.6. The van der Waals surface area contributed by atoms with Crippen molar-refractivity contribution in [2.24, 2.45) is 0 Å². The Morgan fingerprint density at radius 2 is 1.71 bits per heavy atom. The van der Waals surface area contributed by atoms with Crippen molar-refractivity contribution in [1.29, 1.82) is 0 Å². The van der Waals surface area contributed by atoms with Gasteiger partial charge in [-0.15, -0.1) is 0 Å². The van der Waals surface area contributed by atoms with Crippen LogP contribution >= 0.6 is 0 Å². The summed E-state index contributed by atoms with van der Waals surface area (Å²) in [6.07, 6.45) is -6.08. The predicted octanol–water partition coefficient (Wildman–Crippen LogP) is 5.25. The molecule has 0 aliphatic heterocycles. The number of carbonyl (C=O) groups is 1. The smallest absolute Gasteiger partial charge is 0.280 e. The van der Waals surface area contributed by atoms with Crippen LogP contribution in [0.3, 0.4) is 0 Å². The van der Waals surface area contributed by atoms with Crippen molar-refractivity contribution < 1.29 is 26.7 Å². The van der Waals surface area contributed by atoms with Gasteiger partial charge in [-0.2, -0.15) is 10.2 Å². The molecular weight excluding hydrogens is 471 g/mol. The Labute approximate surface area is 196 Å².